The second kappa shape index (κ2) is 14.7. The van der Waals surface area contributed by atoms with Crippen LogP contribution in [0.2, 0.25) is 0 Å². The van der Waals surface area contributed by atoms with Gasteiger partial charge < -0.3 is 9.47 Å². The van der Waals surface area contributed by atoms with E-state index in [0.717, 1.165) is 37.9 Å². The minimum absolute atomic E-state index is 0.0199. The van der Waals surface area contributed by atoms with Crippen LogP contribution >= 0.6 is 0 Å². The highest BCUT2D eigenvalue weighted by Gasteiger charge is 2.36. The van der Waals surface area contributed by atoms with Crippen molar-refractivity contribution in [1.82, 2.24) is 0 Å². The fourth-order valence-corrected chi connectivity index (χ4v) is 7.55. The second-order valence-corrected chi connectivity index (χ2v) is 12.8. The lowest BCUT2D eigenvalue weighted by atomic mass is 9.69. The Bertz CT molecular complexity index is 731. The van der Waals surface area contributed by atoms with Crippen LogP contribution < -0.4 is 0 Å². The molecule has 0 aromatic heterocycles. The maximum atomic E-state index is 13.9. The largest absolute Gasteiger partial charge is 0.412 e. The summed E-state index contributed by atoms with van der Waals surface area (Å²) in [6, 6.07) is 0. The third kappa shape index (κ3) is 9.35. The molecule has 0 unspecified atom stereocenters. The first kappa shape index (κ1) is 30.1. The van der Waals surface area contributed by atoms with Crippen molar-refractivity contribution in [2.45, 2.75) is 122 Å². The Labute approximate surface area is 228 Å². The second-order valence-electron chi connectivity index (χ2n) is 12.8. The molecule has 4 aliphatic rings. The summed E-state index contributed by atoms with van der Waals surface area (Å²) in [5.74, 6) is 2.29. The predicted molar refractivity (Wildman–Crippen MR) is 144 cm³/mol. The van der Waals surface area contributed by atoms with Crippen molar-refractivity contribution in [2.75, 3.05) is 13.2 Å². The van der Waals surface area contributed by atoms with Crippen molar-refractivity contribution in [3.05, 3.63) is 24.1 Å². The molecule has 2 nitrogen and oxygen atoms in total. The van der Waals surface area contributed by atoms with E-state index in [1.54, 1.807) is 0 Å². The zero-order chi connectivity index (χ0) is 27.0. The fraction of sp³-hybridized carbons (Fsp3) is 0.875. The van der Waals surface area contributed by atoms with Crippen LogP contribution in [0.4, 0.5) is 17.6 Å². The summed E-state index contributed by atoms with van der Waals surface area (Å²) in [4.78, 5) is 0. The van der Waals surface area contributed by atoms with Crippen LogP contribution in [0, 0.1) is 41.4 Å². The Morgan fingerprint density at radius 1 is 0.711 bits per heavy atom. The SMILES string of the molecule is CCCCCC1COC(C2CCC(C3CCC(/C=C/C4CCC(/C(F)=C/C(F)(F)F)CC4)CC3)CC2)OC1. The van der Waals surface area contributed by atoms with Gasteiger partial charge in [-0.15, -0.1) is 0 Å². The summed E-state index contributed by atoms with van der Waals surface area (Å²) in [6.07, 6.45) is 17.8. The standard InChI is InChI=1S/C32H50F4O2/c1-2-3-4-5-25-21-37-31(38-22-25)29-18-16-27(17-19-29)26-12-8-23(9-13-26)6-7-24-10-14-28(15-11-24)30(33)20-32(34,35)36/h6-7,20,23-29,31H,2-5,8-19,21-22H2,1H3/b7-6+,30-20-. The highest BCUT2D eigenvalue weighted by molar-refractivity contribution is 5.05. The van der Waals surface area contributed by atoms with Crippen LogP contribution in [0.25, 0.3) is 0 Å². The van der Waals surface area contributed by atoms with Gasteiger partial charge in [0.1, 0.15) is 5.83 Å². The summed E-state index contributed by atoms with van der Waals surface area (Å²) in [6.45, 7) is 4.00. The quantitative estimate of drug-likeness (QED) is 0.164. The average Bonchev–Trinajstić information content (AvgIpc) is 2.92. The number of halogens is 4. The smallest absolute Gasteiger partial charge is 0.352 e. The van der Waals surface area contributed by atoms with Gasteiger partial charge >= 0.3 is 6.18 Å². The molecule has 3 saturated carbocycles. The molecule has 3 aliphatic carbocycles. The maximum absolute atomic E-state index is 13.9. The van der Waals surface area contributed by atoms with Crippen molar-refractivity contribution in [3.8, 4) is 0 Å². The van der Waals surface area contributed by atoms with E-state index in [0.29, 0.717) is 36.5 Å². The lowest BCUT2D eigenvalue weighted by Gasteiger charge is -2.41. The molecular weight excluding hydrogens is 492 g/mol. The first-order chi connectivity index (χ1) is 18.3. The molecule has 1 saturated heterocycles. The van der Waals surface area contributed by atoms with E-state index in [-0.39, 0.29) is 12.4 Å². The molecule has 0 atom stereocenters. The molecule has 38 heavy (non-hydrogen) atoms. The van der Waals surface area contributed by atoms with Crippen LogP contribution in [0.1, 0.15) is 110 Å². The van der Waals surface area contributed by atoms with E-state index in [1.165, 1.54) is 77.0 Å². The number of alkyl halides is 3. The Morgan fingerprint density at radius 2 is 1.21 bits per heavy atom. The molecule has 0 aromatic carbocycles. The van der Waals surface area contributed by atoms with Crippen LogP contribution in [0.3, 0.4) is 0 Å². The molecule has 0 bridgehead atoms. The number of rotatable bonds is 9. The molecule has 1 heterocycles. The van der Waals surface area contributed by atoms with Crippen LogP contribution in [0.15, 0.2) is 24.1 Å². The molecule has 218 valence electrons. The Balaban J connectivity index is 1.10. The number of hydrogen-bond donors (Lipinski definition) is 0. The summed E-state index contributed by atoms with van der Waals surface area (Å²) >= 11 is 0. The first-order valence-electron chi connectivity index (χ1n) is 15.7. The lowest BCUT2D eigenvalue weighted by Crippen LogP contribution is -2.39. The first-order valence-corrected chi connectivity index (χ1v) is 15.7. The van der Waals surface area contributed by atoms with E-state index in [9.17, 15) is 17.6 Å². The van der Waals surface area contributed by atoms with Crippen molar-refractivity contribution in [3.63, 3.8) is 0 Å². The summed E-state index contributed by atoms with van der Waals surface area (Å²) in [7, 11) is 0. The Hall–Kier alpha value is -0.880. The van der Waals surface area contributed by atoms with Crippen molar-refractivity contribution < 1.29 is 27.0 Å². The molecule has 4 rings (SSSR count). The zero-order valence-corrected chi connectivity index (χ0v) is 23.4. The molecule has 0 N–H and O–H groups in total. The highest BCUT2D eigenvalue weighted by Crippen LogP contribution is 2.43. The molecule has 1 aliphatic heterocycles. The van der Waals surface area contributed by atoms with Gasteiger partial charge in [0.25, 0.3) is 0 Å². The van der Waals surface area contributed by atoms with Gasteiger partial charge in [-0.1, -0.05) is 38.3 Å². The van der Waals surface area contributed by atoms with Crippen molar-refractivity contribution >= 4 is 0 Å². The molecule has 0 aromatic rings. The van der Waals surface area contributed by atoms with Crippen LogP contribution in [0.5, 0.6) is 0 Å². The third-order valence-electron chi connectivity index (χ3n) is 10.0. The number of hydrogen-bond acceptors (Lipinski definition) is 2. The van der Waals surface area contributed by atoms with Gasteiger partial charge in [-0.3, -0.25) is 0 Å². The Kier molecular flexibility index (Phi) is 11.6. The normalized spacial score (nSPS) is 38.0. The summed E-state index contributed by atoms with van der Waals surface area (Å²) in [5.41, 5.74) is 0. The van der Waals surface area contributed by atoms with Crippen molar-refractivity contribution in [1.29, 1.82) is 0 Å². The topological polar surface area (TPSA) is 18.5 Å². The third-order valence-corrected chi connectivity index (χ3v) is 10.0. The Morgan fingerprint density at radius 3 is 1.74 bits per heavy atom. The van der Waals surface area contributed by atoms with Gasteiger partial charge in [0.2, 0.25) is 0 Å². The average molecular weight is 543 g/mol. The van der Waals surface area contributed by atoms with E-state index >= 15 is 0 Å². The molecule has 4 fully saturated rings. The van der Waals surface area contributed by atoms with Crippen LogP contribution in [-0.2, 0) is 9.47 Å². The van der Waals surface area contributed by atoms with Crippen molar-refractivity contribution in [2.24, 2.45) is 41.4 Å². The van der Waals surface area contributed by atoms with Gasteiger partial charge in [0, 0.05) is 17.8 Å². The van der Waals surface area contributed by atoms with Gasteiger partial charge in [0.05, 0.1) is 19.3 Å². The predicted octanol–water partition coefficient (Wildman–Crippen LogP) is 9.95. The van der Waals surface area contributed by atoms with Crippen LogP contribution in [-0.4, -0.2) is 25.7 Å². The van der Waals surface area contributed by atoms with E-state index in [2.05, 4.69) is 19.1 Å². The van der Waals surface area contributed by atoms with Gasteiger partial charge in [0.15, 0.2) is 6.29 Å². The van der Waals surface area contributed by atoms with Gasteiger partial charge in [-0.2, -0.15) is 13.2 Å². The summed E-state index contributed by atoms with van der Waals surface area (Å²) < 4.78 is 63.5. The molecule has 0 amide bonds. The maximum Gasteiger partial charge on any atom is 0.412 e. The number of unbranched alkanes of at least 4 members (excludes halogenated alkanes) is 2. The van der Waals surface area contributed by atoms with E-state index in [4.69, 9.17) is 9.47 Å². The van der Waals surface area contributed by atoms with E-state index < -0.39 is 17.9 Å². The molecule has 6 heteroatoms. The highest BCUT2D eigenvalue weighted by atomic mass is 19.4. The minimum Gasteiger partial charge on any atom is -0.352 e. The number of allylic oxidation sites excluding steroid dienone is 4. The van der Waals surface area contributed by atoms with Gasteiger partial charge in [-0.05, 0) is 107 Å². The molecule has 0 radical (unpaired) electrons. The van der Waals surface area contributed by atoms with E-state index in [1.807, 2.05) is 0 Å². The van der Waals surface area contributed by atoms with Gasteiger partial charge in [-0.25, -0.2) is 4.39 Å². The fourth-order valence-electron chi connectivity index (χ4n) is 7.55. The lowest BCUT2D eigenvalue weighted by molar-refractivity contribution is -0.230. The number of ether oxygens (including phenoxy) is 2. The summed E-state index contributed by atoms with van der Waals surface area (Å²) in [5, 5.41) is 0. The molecular formula is C32H50F4O2. The molecule has 0 spiro atoms. The minimum atomic E-state index is -4.56. The monoisotopic (exact) mass is 542 g/mol. The zero-order valence-electron chi connectivity index (χ0n) is 23.4.